The van der Waals surface area contributed by atoms with Crippen molar-refractivity contribution in [1.82, 2.24) is 0 Å². The van der Waals surface area contributed by atoms with Crippen molar-refractivity contribution in [1.29, 1.82) is 0 Å². The molecule has 2 rings (SSSR count). The largest absolute Gasteiger partial charge is 0.325 e. The fourth-order valence-corrected chi connectivity index (χ4v) is 2.14. The molecule has 0 radical (unpaired) electrons. The lowest BCUT2D eigenvalue weighted by Gasteiger charge is -2.06. The van der Waals surface area contributed by atoms with E-state index in [-0.39, 0.29) is 5.91 Å². The number of amides is 1. The molecule has 2 nitrogen and oxygen atoms in total. The summed E-state index contributed by atoms with van der Waals surface area (Å²) < 4.78 is 0. The van der Waals surface area contributed by atoms with Crippen LogP contribution < -0.4 is 5.32 Å². The van der Waals surface area contributed by atoms with E-state index < -0.39 is 0 Å². The lowest BCUT2D eigenvalue weighted by atomic mass is 10.0. The maximum Gasteiger partial charge on any atom is 0.228 e. The summed E-state index contributed by atoms with van der Waals surface area (Å²) in [5, 5.41) is 3.48. The van der Waals surface area contributed by atoms with Crippen LogP contribution in [0, 0.1) is 0 Å². The Bertz CT molecular complexity index is 404. The minimum absolute atomic E-state index is 0.0376. The van der Waals surface area contributed by atoms with Gasteiger partial charge in [0.2, 0.25) is 5.91 Å². The van der Waals surface area contributed by atoms with Crippen LogP contribution in [0.1, 0.15) is 17.5 Å². The molecule has 0 unspecified atom stereocenters. The first kappa shape index (κ1) is 10.8. The van der Waals surface area contributed by atoms with E-state index in [0.29, 0.717) is 17.3 Å². The highest BCUT2D eigenvalue weighted by atomic mass is 35.5. The van der Waals surface area contributed by atoms with Gasteiger partial charge in [0.05, 0.1) is 6.42 Å². The highest BCUT2D eigenvalue weighted by Gasteiger charge is 2.19. The zero-order chi connectivity index (χ0) is 10.8. The lowest BCUT2D eigenvalue weighted by Crippen LogP contribution is -2.03. The van der Waals surface area contributed by atoms with Gasteiger partial charge < -0.3 is 5.32 Å². The second-order valence-corrected chi connectivity index (χ2v) is 4.40. The van der Waals surface area contributed by atoms with Crippen LogP contribution in [0.2, 0.25) is 5.02 Å². The lowest BCUT2D eigenvalue weighted by molar-refractivity contribution is -0.115. The number of carbonyl (C=O) groups is 1. The number of hydrogen-bond donors (Lipinski definition) is 1. The summed E-state index contributed by atoms with van der Waals surface area (Å²) in [6, 6.07) is 3.83. The van der Waals surface area contributed by atoms with Crippen LogP contribution in [0.15, 0.2) is 12.1 Å². The van der Waals surface area contributed by atoms with Crippen LogP contribution >= 0.6 is 23.2 Å². The molecule has 0 atom stereocenters. The molecule has 0 fully saturated rings. The summed E-state index contributed by atoms with van der Waals surface area (Å²) in [7, 11) is 0. The molecule has 1 aromatic carbocycles. The Kier molecular flexibility index (Phi) is 3.17. The van der Waals surface area contributed by atoms with E-state index in [0.717, 1.165) is 29.7 Å². The Labute approximate surface area is 98.6 Å². The van der Waals surface area contributed by atoms with Gasteiger partial charge in [-0.3, -0.25) is 4.79 Å². The summed E-state index contributed by atoms with van der Waals surface area (Å²) >= 11 is 11.7. The fourth-order valence-electron chi connectivity index (χ4n) is 1.75. The molecule has 0 bridgehead atoms. The molecule has 1 N–H and O–H groups in total. The van der Waals surface area contributed by atoms with Crippen LogP contribution in [-0.4, -0.2) is 11.8 Å². The van der Waals surface area contributed by atoms with Crippen molar-refractivity contribution in [3.63, 3.8) is 0 Å². The molecule has 0 spiro atoms. The molecule has 1 aliphatic rings. The number of hydrogen-bond acceptors (Lipinski definition) is 1. The van der Waals surface area contributed by atoms with E-state index in [4.69, 9.17) is 23.2 Å². The predicted molar refractivity (Wildman–Crippen MR) is 62.8 cm³/mol. The van der Waals surface area contributed by atoms with Gasteiger partial charge in [0.15, 0.2) is 0 Å². The van der Waals surface area contributed by atoms with Gasteiger partial charge in [-0.25, -0.2) is 0 Å². The number of aryl methyl sites for hydroxylation is 1. The molecule has 1 heterocycles. The minimum Gasteiger partial charge on any atom is -0.325 e. The van der Waals surface area contributed by atoms with Gasteiger partial charge in [-0.1, -0.05) is 17.7 Å². The zero-order valence-corrected chi connectivity index (χ0v) is 9.66. The molecule has 1 aromatic rings. The fraction of sp³-hybridized carbons (Fsp3) is 0.364. The van der Waals surface area contributed by atoms with Crippen LogP contribution in [0.25, 0.3) is 0 Å². The first-order chi connectivity index (χ1) is 7.20. The Morgan fingerprint density at radius 1 is 1.40 bits per heavy atom. The number of anilines is 1. The van der Waals surface area contributed by atoms with Gasteiger partial charge in [0.25, 0.3) is 0 Å². The Balaban J connectivity index is 2.27. The molecule has 0 aromatic heterocycles. The van der Waals surface area contributed by atoms with E-state index >= 15 is 0 Å². The number of nitrogens with one attached hydrogen (secondary N) is 1. The van der Waals surface area contributed by atoms with E-state index in [1.807, 2.05) is 12.1 Å². The average molecular weight is 244 g/mol. The van der Waals surface area contributed by atoms with Crippen LogP contribution in [0.3, 0.4) is 0 Å². The summed E-state index contributed by atoms with van der Waals surface area (Å²) in [6.45, 7) is 0. The van der Waals surface area contributed by atoms with Crippen molar-refractivity contribution >= 4 is 34.8 Å². The summed E-state index contributed by atoms with van der Waals surface area (Å²) in [6.07, 6.45) is 2.23. The first-order valence-electron chi connectivity index (χ1n) is 4.88. The monoisotopic (exact) mass is 243 g/mol. The molecule has 0 saturated carbocycles. The van der Waals surface area contributed by atoms with Crippen LogP contribution in [0.4, 0.5) is 5.69 Å². The van der Waals surface area contributed by atoms with E-state index in [1.165, 1.54) is 0 Å². The van der Waals surface area contributed by atoms with E-state index in [9.17, 15) is 4.79 Å². The molecule has 15 heavy (non-hydrogen) atoms. The predicted octanol–water partition coefficient (Wildman–Crippen LogP) is 3.01. The zero-order valence-electron chi connectivity index (χ0n) is 8.15. The van der Waals surface area contributed by atoms with Crippen molar-refractivity contribution in [3.05, 3.63) is 28.3 Å². The van der Waals surface area contributed by atoms with Crippen LogP contribution in [-0.2, 0) is 17.6 Å². The molecular weight excluding hydrogens is 233 g/mol. The highest BCUT2D eigenvalue weighted by molar-refractivity contribution is 6.32. The number of alkyl halides is 1. The maximum absolute atomic E-state index is 11.2. The normalized spacial score (nSPS) is 13.9. The third kappa shape index (κ3) is 2.27. The van der Waals surface area contributed by atoms with Crippen molar-refractivity contribution in [3.8, 4) is 0 Å². The number of carbonyl (C=O) groups excluding carboxylic acids is 1. The van der Waals surface area contributed by atoms with Gasteiger partial charge in [0, 0.05) is 16.6 Å². The van der Waals surface area contributed by atoms with Crippen molar-refractivity contribution < 1.29 is 4.79 Å². The number of fused-ring (bicyclic) bond motifs is 1. The maximum atomic E-state index is 11.2. The first-order valence-corrected chi connectivity index (χ1v) is 5.79. The van der Waals surface area contributed by atoms with Crippen LogP contribution in [0.5, 0.6) is 0 Å². The van der Waals surface area contributed by atoms with Gasteiger partial charge in [-0.15, -0.1) is 11.6 Å². The number of benzene rings is 1. The molecule has 4 heteroatoms. The van der Waals surface area contributed by atoms with Gasteiger partial charge >= 0.3 is 0 Å². The Hall–Kier alpha value is -0.730. The third-order valence-corrected chi connectivity index (χ3v) is 3.10. The molecule has 0 saturated heterocycles. The molecule has 80 valence electrons. The minimum atomic E-state index is 0.0376. The second-order valence-electron chi connectivity index (χ2n) is 3.62. The SMILES string of the molecule is O=C1Cc2cc(CCCCl)c(Cl)cc2N1. The van der Waals surface area contributed by atoms with Gasteiger partial charge in [-0.2, -0.15) is 0 Å². The molecular formula is C11H11Cl2NO. The molecule has 1 amide bonds. The van der Waals surface area contributed by atoms with Crippen molar-refractivity contribution in [2.45, 2.75) is 19.3 Å². The molecule has 0 aliphatic carbocycles. The highest BCUT2D eigenvalue weighted by Crippen LogP contribution is 2.30. The summed E-state index contributed by atoms with van der Waals surface area (Å²) in [5.41, 5.74) is 2.96. The van der Waals surface area contributed by atoms with Crippen molar-refractivity contribution in [2.24, 2.45) is 0 Å². The van der Waals surface area contributed by atoms with E-state index in [1.54, 1.807) is 0 Å². The quantitative estimate of drug-likeness (QED) is 0.813. The number of rotatable bonds is 3. The number of halogens is 2. The summed E-state index contributed by atoms with van der Waals surface area (Å²) in [5.74, 6) is 0.667. The Morgan fingerprint density at radius 3 is 2.93 bits per heavy atom. The van der Waals surface area contributed by atoms with Gasteiger partial charge in [0.1, 0.15) is 0 Å². The standard InChI is InChI=1S/C11H11Cl2NO/c12-3-1-2-7-4-8-5-11(15)14-10(8)6-9(7)13/h4,6H,1-3,5H2,(H,14,15). The average Bonchev–Trinajstić information content (AvgIpc) is 2.53. The third-order valence-electron chi connectivity index (χ3n) is 2.48. The topological polar surface area (TPSA) is 29.1 Å². The van der Waals surface area contributed by atoms with Crippen molar-refractivity contribution in [2.75, 3.05) is 11.2 Å². The smallest absolute Gasteiger partial charge is 0.228 e. The summed E-state index contributed by atoms with van der Waals surface area (Å²) in [4.78, 5) is 11.2. The van der Waals surface area contributed by atoms with Gasteiger partial charge in [-0.05, 0) is 30.0 Å². The Morgan fingerprint density at radius 2 is 2.20 bits per heavy atom. The van der Waals surface area contributed by atoms with E-state index in [2.05, 4.69) is 5.32 Å². The molecule has 1 aliphatic heterocycles. The second kappa shape index (κ2) is 4.42.